The first-order valence-electron chi connectivity index (χ1n) is 6.73. The molecule has 0 amide bonds. The van der Waals surface area contributed by atoms with Gasteiger partial charge in [-0.15, -0.1) is 0 Å². The van der Waals surface area contributed by atoms with Gasteiger partial charge in [-0.05, 0) is 54.3 Å². The molecule has 0 bridgehead atoms. The molecule has 0 aliphatic carbocycles. The van der Waals surface area contributed by atoms with Crippen molar-refractivity contribution < 1.29 is 15.0 Å². The number of aromatic nitrogens is 1. The lowest BCUT2D eigenvalue weighted by Gasteiger charge is -2.11. The van der Waals surface area contributed by atoms with Crippen LogP contribution in [0.1, 0.15) is 15.9 Å². The summed E-state index contributed by atoms with van der Waals surface area (Å²) in [6, 6.07) is 11.7. The van der Waals surface area contributed by atoms with Crippen molar-refractivity contribution in [3.05, 3.63) is 59.8 Å². The minimum Gasteiger partial charge on any atom is -0.508 e. The van der Waals surface area contributed by atoms with E-state index in [1.54, 1.807) is 42.6 Å². The fraction of sp³-hybridized carbons (Fsp3) is 0.0588. The number of aryl methyl sites for hydroxylation is 1. The Balaban J connectivity index is 2.09. The number of fused-ring (bicyclic) bond motifs is 1. The van der Waals surface area contributed by atoms with Crippen molar-refractivity contribution in [2.24, 2.45) is 0 Å². The van der Waals surface area contributed by atoms with Crippen LogP contribution in [0.25, 0.3) is 10.8 Å². The zero-order valence-corrected chi connectivity index (χ0v) is 11.9. The average molecular weight is 294 g/mol. The van der Waals surface area contributed by atoms with Gasteiger partial charge in [0.1, 0.15) is 11.6 Å². The quantitative estimate of drug-likeness (QED) is 0.642. The number of aromatic carboxylic acids is 1. The molecule has 3 aromatic rings. The van der Waals surface area contributed by atoms with Gasteiger partial charge in [0.05, 0.1) is 5.56 Å². The number of aromatic hydroxyl groups is 1. The van der Waals surface area contributed by atoms with Crippen molar-refractivity contribution in [2.75, 3.05) is 5.32 Å². The van der Waals surface area contributed by atoms with E-state index in [2.05, 4.69) is 10.3 Å². The Bertz CT molecular complexity index is 875. The van der Waals surface area contributed by atoms with E-state index >= 15 is 0 Å². The molecule has 1 heterocycles. The summed E-state index contributed by atoms with van der Waals surface area (Å²) in [5.74, 6) is -0.200. The SMILES string of the molecule is Cc1cc(O)ccc1Nc1nccc2ccc(C(=O)O)cc12. The highest BCUT2D eigenvalue weighted by Crippen LogP contribution is 2.28. The largest absolute Gasteiger partial charge is 0.508 e. The summed E-state index contributed by atoms with van der Waals surface area (Å²) < 4.78 is 0. The minimum atomic E-state index is -0.975. The lowest BCUT2D eigenvalue weighted by atomic mass is 10.1. The van der Waals surface area contributed by atoms with Crippen LogP contribution < -0.4 is 5.32 Å². The van der Waals surface area contributed by atoms with Gasteiger partial charge in [0.2, 0.25) is 0 Å². The molecule has 22 heavy (non-hydrogen) atoms. The third-order valence-electron chi connectivity index (χ3n) is 3.48. The van der Waals surface area contributed by atoms with E-state index < -0.39 is 5.97 Å². The van der Waals surface area contributed by atoms with E-state index in [1.165, 1.54) is 0 Å². The summed E-state index contributed by atoms with van der Waals surface area (Å²) in [7, 11) is 0. The van der Waals surface area contributed by atoms with Crippen LogP contribution in [0.2, 0.25) is 0 Å². The smallest absolute Gasteiger partial charge is 0.335 e. The Hall–Kier alpha value is -3.08. The highest BCUT2D eigenvalue weighted by molar-refractivity contribution is 5.99. The van der Waals surface area contributed by atoms with Crippen LogP contribution in [0.4, 0.5) is 11.5 Å². The molecular weight excluding hydrogens is 280 g/mol. The summed E-state index contributed by atoms with van der Waals surface area (Å²) in [4.78, 5) is 15.4. The topological polar surface area (TPSA) is 82.5 Å². The number of hydrogen-bond donors (Lipinski definition) is 3. The van der Waals surface area contributed by atoms with Gasteiger partial charge in [-0.25, -0.2) is 9.78 Å². The first kappa shape index (κ1) is 13.9. The lowest BCUT2D eigenvalue weighted by molar-refractivity contribution is 0.0697. The molecule has 0 fully saturated rings. The van der Waals surface area contributed by atoms with Gasteiger partial charge in [-0.3, -0.25) is 0 Å². The van der Waals surface area contributed by atoms with E-state index in [1.807, 2.05) is 13.0 Å². The molecule has 1 aromatic heterocycles. The Kier molecular flexibility index (Phi) is 3.39. The summed E-state index contributed by atoms with van der Waals surface area (Å²) in [6.07, 6.45) is 1.67. The van der Waals surface area contributed by atoms with Gasteiger partial charge in [0.25, 0.3) is 0 Å². The number of rotatable bonds is 3. The average Bonchev–Trinajstić information content (AvgIpc) is 2.49. The number of phenols is 1. The van der Waals surface area contributed by atoms with Crippen molar-refractivity contribution in [2.45, 2.75) is 6.92 Å². The summed E-state index contributed by atoms with van der Waals surface area (Å²) in [5.41, 5.74) is 1.89. The number of carbonyl (C=O) groups is 1. The molecule has 0 unspecified atom stereocenters. The summed E-state index contributed by atoms with van der Waals surface area (Å²) >= 11 is 0. The number of pyridine rings is 1. The van der Waals surface area contributed by atoms with E-state index in [-0.39, 0.29) is 11.3 Å². The predicted molar refractivity (Wildman–Crippen MR) is 84.8 cm³/mol. The number of nitrogens with zero attached hydrogens (tertiary/aromatic N) is 1. The monoisotopic (exact) mass is 294 g/mol. The molecule has 5 nitrogen and oxygen atoms in total. The molecule has 0 spiro atoms. The third-order valence-corrected chi connectivity index (χ3v) is 3.48. The number of nitrogens with one attached hydrogen (secondary N) is 1. The van der Waals surface area contributed by atoms with Gasteiger partial charge in [0.15, 0.2) is 0 Å². The molecule has 0 aliphatic heterocycles. The fourth-order valence-electron chi connectivity index (χ4n) is 2.32. The van der Waals surface area contributed by atoms with E-state index in [4.69, 9.17) is 5.11 Å². The zero-order valence-electron chi connectivity index (χ0n) is 11.9. The number of anilines is 2. The molecule has 0 aliphatic rings. The first-order chi connectivity index (χ1) is 10.5. The summed E-state index contributed by atoms with van der Waals surface area (Å²) in [6.45, 7) is 1.87. The molecule has 3 N–H and O–H groups in total. The van der Waals surface area contributed by atoms with Crippen molar-refractivity contribution in [3.8, 4) is 5.75 Å². The predicted octanol–water partition coefficient (Wildman–Crippen LogP) is 3.69. The first-order valence-corrected chi connectivity index (χ1v) is 6.73. The van der Waals surface area contributed by atoms with Crippen LogP contribution in [0.3, 0.4) is 0 Å². The maximum atomic E-state index is 11.1. The van der Waals surface area contributed by atoms with Gasteiger partial charge >= 0.3 is 5.97 Å². The Morgan fingerprint density at radius 3 is 2.68 bits per heavy atom. The maximum Gasteiger partial charge on any atom is 0.335 e. The zero-order chi connectivity index (χ0) is 15.7. The molecule has 0 saturated heterocycles. The second-order valence-corrected chi connectivity index (χ2v) is 5.02. The number of phenolic OH excluding ortho intramolecular Hbond substituents is 1. The second kappa shape index (κ2) is 5.37. The normalized spacial score (nSPS) is 10.6. The maximum absolute atomic E-state index is 11.1. The van der Waals surface area contributed by atoms with E-state index in [0.29, 0.717) is 5.82 Å². The van der Waals surface area contributed by atoms with Crippen LogP contribution in [-0.2, 0) is 0 Å². The Morgan fingerprint density at radius 1 is 1.14 bits per heavy atom. The van der Waals surface area contributed by atoms with Crippen LogP contribution in [0.15, 0.2) is 48.7 Å². The van der Waals surface area contributed by atoms with Gasteiger partial charge in [0, 0.05) is 17.3 Å². The van der Waals surface area contributed by atoms with Crippen molar-refractivity contribution >= 4 is 28.2 Å². The Morgan fingerprint density at radius 2 is 1.95 bits per heavy atom. The molecule has 3 rings (SSSR count). The third kappa shape index (κ3) is 2.56. The molecular formula is C17H14N2O3. The van der Waals surface area contributed by atoms with Gasteiger partial charge in [-0.2, -0.15) is 0 Å². The van der Waals surface area contributed by atoms with Crippen molar-refractivity contribution in [3.63, 3.8) is 0 Å². The second-order valence-electron chi connectivity index (χ2n) is 5.02. The van der Waals surface area contributed by atoms with Crippen LogP contribution in [0, 0.1) is 6.92 Å². The standard InChI is InChI=1S/C17H14N2O3/c1-10-8-13(20)4-5-15(10)19-16-14-9-12(17(21)22)3-2-11(14)6-7-18-16/h2-9,20H,1H3,(H,18,19)(H,21,22). The highest BCUT2D eigenvalue weighted by atomic mass is 16.4. The molecule has 110 valence electrons. The van der Waals surface area contributed by atoms with Crippen molar-refractivity contribution in [1.82, 2.24) is 4.98 Å². The van der Waals surface area contributed by atoms with Gasteiger partial charge in [-0.1, -0.05) is 6.07 Å². The summed E-state index contributed by atoms with van der Waals surface area (Å²) in [5, 5.41) is 23.4. The van der Waals surface area contributed by atoms with E-state index in [9.17, 15) is 9.90 Å². The van der Waals surface area contributed by atoms with Crippen LogP contribution in [0.5, 0.6) is 5.75 Å². The number of hydrogen-bond acceptors (Lipinski definition) is 4. The van der Waals surface area contributed by atoms with Gasteiger partial charge < -0.3 is 15.5 Å². The molecule has 0 radical (unpaired) electrons. The number of benzene rings is 2. The van der Waals surface area contributed by atoms with E-state index in [0.717, 1.165) is 22.0 Å². The molecule has 0 atom stereocenters. The minimum absolute atomic E-state index is 0.196. The number of carboxylic acids is 1. The lowest BCUT2D eigenvalue weighted by Crippen LogP contribution is -1.99. The highest BCUT2D eigenvalue weighted by Gasteiger charge is 2.09. The van der Waals surface area contributed by atoms with Crippen LogP contribution >= 0.6 is 0 Å². The Labute approximate surface area is 126 Å². The molecule has 2 aromatic carbocycles. The van der Waals surface area contributed by atoms with Crippen LogP contribution in [-0.4, -0.2) is 21.2 Å². The van der Waals surface area contributed by atoms with Crippen molar-refractivity contribution in [1.29, 1.82) is 0 Å². The molecule has 0 saturated carbocycles. The number of carboxylic acid groups (broad SMARTS) is 1. The molecule has 5 heteroatoms. The fourth-order valence-corrected chi connectivity index (χ4v) is 2.32.